The Morgan fingerprint density at radius 3 is 1.19 bits per heavy atom. The first-order valence-electron chi connectivity index (χ1n) is 14.3. The van der Waals surface area contributed by atoms with E-state index < -0.39 is 22.4 Å². The number of hydrogen-bond donors (Lipinski definition) is 0. The van der Waals surface area contributed by atoms with E-state index in [1.807, 2.05) is 0 Å². The zero-order valence-electron chi connectivity index (χ0n) is 25.6. The summed E-state index contributed by atoms with van der Waals surface area (Å²) >= 11 is 0. The summed E-state index contributed by atoms with van der Waals surface area (Å²) in [4.78, 5) is 0. The fourth-order valence-corrected chi connectivity index (χ4v) is 18.1. The van der Waals surface area contributed by atoms with Gasteiger partial charge >= 0.3 is 232 Å². The van der Waals surface area contributed by atoms with Gasteiger partial charge < -0.3 is 0 Å². The van der Waals surface area contributed by atoms with Crippen molar-refractivity contribution < 1.29 is 0 Å². The molecule has 3 aromatic rings. The zero-order chi connectivity index (χ0) is 27.7. The van der Waals surface area contributed by atoms with Crippen LogP contribution in [0.2, 0.25) is 0 Å². The van der Waals surface area contributed by atoms with Crippen LogP contribution >= 0.6 is 22.4 Å². The molecule has 0 N–H and O–H groups in total. The molecular formula is C34H53P3. The summed E-state index contributed by atoms with van der Waals surface area (Å²) in [6, 6.07) is 26.4. The maximum atomic E-state index is 2.65. The van der Waals surface area contributed by atoms with Gasteiger partial charge in [-0.1, -0.05) is 0 Å². The van der Waals surface area contributed by atoms with Gasteiger partial charge in [0.15, 0.2) is 0 Å². The van der Waals surface area contributed by atoms with Gasteiger partial charge in [0, 0.05) is 0 Å². The molecule has 0 saturated carbocycles. The Hall–Kier alpha value is -1.05. The molecule has 3 rings (SSSR count). The molecule has 0 fully saturated rings. The molecule has 3 heteroatoms. The molecule has 0 aliphatic rings. The van der Waals surface area contributed by atoms with E-state index in [4.69, 9.17) is 0 Å². The molecule has 0 unspecified atom stereocenters. The van der Waals surface area contributed by atoms with E-state index >= 15 is 0 Å². The van der Waals surface area contributed by atoms with Gasteiger partial charge in [0.2, 0.25) is 0 Å². The van der Waals surface area contributed by atoms with E-state index in [1.165, 1.54) is 16.4 Å². The van der Waals surface area contributed by atoms with Crippen LogP contribution in [0.4, 0.5) is 0 Å². The number of benzene rings is 3. The molecule has 0 atom stereocenters. The third-order valence-electron chi connectivity index (χ3n) is 9.76. The Balaban J connectivity index is 2.49. The van der Waals surface area contributed by atoms with Crippen molar-refractivity contribution in [3.8, 4) is 0 Å². The van der Waals surface area contributed by atoms with Crippen LogP contribution in [0.3, 0.4) is 0 Å². The summed E-state index contributed by atoms with van der Waals surface area (Å²) in [7, 11) is -4.22. The van der Waals surface area contributed by atoms with Crippen molar-refractivity contribution in [2.24, 2.45) is 0 Å². The molecule has 3 aromatic carbocycles. The second-order valence-electron chi connectivity index (χ2n) is 12.9. The number of aryl methyl sites for hydroxylation is 2. The van der Waals surface area contributed by atoms with Gasteiger partial charge in [-0.3, -0.25) is 0 Å². The van der Waals surface area contributed by atoms with E-state index in [-0.39, 0.29) is 0 Å². The summed E-state index contributed by atoms with van der Waals surface area (Å²) in [5.74, 6) is 0. The molecule has 0 amide bonds. The Labute approximate surface area is 231 Å². The molecule has 0 saturated heterocycles. The summed E-state index contributed by atoms with van der Waals surface area (Å²) in [5.41, 5.74) is 5.53. The minimum absolute atomic E-state index is 0.671. The van der Waals surface area contributed by atoms with Gasteiger partial charge in [0.05, 0.1) is 0 Å². The monoisotopic (exact) mass is 554 g/mol. The van der Waals surface area contributed by atoms with Gasteiger partial charge in [0.1, 0.15) is 0 Å². The fraction of sp³-hybridized carbons (Fsp3) is 0.471. The summed E-state index contributed by atoms with van der Waals surface area (Å²) in [5, 5.41) is 8.09. The summed E-state index contributed by atoms with van der Waals surface area (Å²) in [6.45, 7) is 29.7. The molecule has 0 spiro atoms. The second kappa shape index (κ2) is 12.0. The van der Waals surface area contributed by atoms with E-state index in [0.29, 0.717) is 22.6 Å². The minimum atomic E-state index is -1.78. The molecule has 0 aliphatic heterocycles. The van der Waals surface area contributed by atoms with E-state index in [0.717, 1.165) is 0 Å². The van der Waals surface area contributed by atoms with Gasteiger partial charge in [0.25, 0.3) is 0 Å². The summed E-state index contributed by atoms with van der Waals surface area (Å²) in [6.07, 6.45) is 0. The van der Waals surface area contributed by atoms with Crippen molar-refractivity contribution in [1.82, 2.24) is 0 Å². The predicted octanol–water partition coefficient (Wildman–Crippen LogP) is 7.71. The van der Waals surface area contributed by atoms with Gasteiger partial charge in [-0.2, -0.15) is 0 Å². The van der Waals surface area contributed by atoms with Crippen LogP contribution < -0.4 is 26.5 Å². The van der Waals surface area contributed by atoms with Crippen molar-refractivity contribution in [2.45, 2.75) is 91.9 Å². The third-order valence-corrected chi connectivity index (χ3v) is 25.5. The molecule has 0 bridgehead atoms. The Morgan fingerprint density at radius 2 is 0.865 bits per heavy atom. The van der Waals surface area contributed by atoms with E-state index in [1.54, 1.807) is 21.2 Å². The zero-order valence-corrected chi connectivity index (χ0v) is 28.5. The van der Waals surface area contributed by atoms with Gasteiger partial charge in [-0.25, -0.2) is 0 Å². The van der Waals surface area contributed by atoms with Crippen molar-refractivity contribution in [1.29, 1.82) is 0 Å². The third kappa shape index (κ3) is 5.79. The van der Waals surface area contributed by atoms with Crippen LogP contribution in [0.15, 0.2) is 66.7 Å². The van der Waals surface area contributed by atoms with Crippen molar-refractivity contribution in [3.05, 3.63) is 77.9 Å². The van der Waals surface area contributed by atoms with Crippen LogP contribution in [0, 0.1) is 13.8 Å². The van der Waals surface area contributed by atoms with Crippen LogP contribution in [0.25, 0.3) is 0 Å². The molecule has 0 aromatic heterocycles. The number of hydrogen-bond acceptors (Lipinski definition) is 0. The Bertz CT molecular complexity index is 1100. The molecule has 0 heterocycles. The predicted molar refractivity (Wildman–Crippen MR) is 183 cm³/mol. The van der Waals surface area contributed by atoms with Crippen LogP contribution in [-0.2, 0) is 0 Å². The average Bonchev–Trinajstić information content (AvgIpc) is 2.84. The Morgan fingerprint density at radius 1 is 0.514 bits per heavy atom. The Kier molecular flexibility index (Phi) is 9.89. The van der Waals surface area contributed by atoms with E-state index in [9.17, 15) is 0 Å². The van der Waals surface area contributed by atoms with Crippen molar-refractivity contribution in [3.63, 3.8) is 0 Å². The van der Waals surface area contributed by atoms with Crippen LogP contribution in [0.5, 0.6) is 0 Å². The molecular weight excluding hydrogens is 501 g/mol. The maximum absolute atomic E-state index is 2.65. The normalized spacial score (nSPS) is 14.6. The molecule has 0 nitrogen and oxygen atoms in total. The standard InChI is InChI=1S/C34H53P3/c1-24(2)36(11,25(3)4)33-22-28(9)18-20-31(33)35(30-16-14-13-15-17-30)32-21-19-29(10)23-34(32)37(12,26(5)6)27(7)8/h13-27,36-37H,1-12H3. The first kappa shape index (κ1) is 30.5. The van der Waals surface area contributed by atoms with Crippen LogP contribution in [0.1, 0.15) is 66.5 Å². The summed E-state index contributed by atoms with van der Waals surface area (Å²) < 4.78 is 0. The van der Waals surface area contributed by atoms with Crippen molar-refractivity contribution in [2.75, 3.05) is 13.3 Å². The van der Waals surface area contributed by atoms with Crippen molar-refractivity contribution >= 4 is 49.0 Å². The first-order chi connectivity index (χ1) is 17.3. The SMILES string of the molecule is Cc1ccc(P(c2ccccc2)c2ccc(C)cc2[PH](C)(C(C)C)C(C)C)c([PH](C)(C(C)C)C(C)C)c1. The first-order valence-corrected chi connectivity index (χ1v) is 21.0. The average molecular weight is 555 g/mol. The second-order valence-corrected chi connectivity index (χ2v) is 25.9. The fourth-order valence-electron chi connectivity index (χ4n) is 6.12. The topological polar surface area (TPSA) is 0 Å². The molecule has 204 valence electrons. The van der Waals surface area contributed by atoms with Crippen LogP contribution in [-0.4, -0.2) is 36.0 Å². The molecule has 37 heavy (non-hydrogen) atoms. The quantitative estimate of drug-likeness (QED) is 0.238. The van der Waals surface area contributed by atoms with E-state index in [2.05, 4.69) is 149 Å². The van der Waals surface area contributed by atoms with Gasteiger partial charge in [-0.15, -0.1) is 0 Å². The molecule has 0 aliphatic carbocycles. The molecule has 0 radical (unpaired) electrons. The number of rotatable bonds is 9. The van der Waals surface area contributed by atoms with Gasteiger partial charge in [-0.05, 0) is 0 Å².